The highest BCUT2D eigenvalue weighted by molar-refractivity contribution is 5.46. The lowest BCUT2D eigenvalue weighted by Gasteiger charge is -2.38. The summed E-state index contributed by atoms with van der Waals surface area (Å²) in [6.07, 6.45) is 2.66. The van der Waals surface area contributed by atoms with Crippen LogP contribution in [0.2, 0.25) is 0 Å². The number of piperidine rings is 1. The van der Waals surface area contributed by atoms with Crippen molar-refractivity contribution in [3.05, 3.63) is 29.8 Å². The van der Waals surface area contributed by atoms with E-state index in [1.807, 2.05) is 0 Å². The maximum Gasteiger partial charge on any atom is 0.119 e. The van der Waals surface area contributed by atoms with Crippen LogP contribution in [0.15, 0.2) is 24.3 Å². The van der Waals surface area contributed by atoms with Gasteiger partial charge in [-0.25, -0.2) is 0 Å². The van der Waals surface area contributed by atoms with Crippen molar-refractivity contribution in [1.29, 1.82) is 0 Å². The summed E-state index contributed by atoms with van der Waals surface area (Å²) in [6.45, 7) is 17.5. The van der Waals surface area contributed by atoms with Gasteiger partial charge in [0.05, 0.1) is 5.60 Å². The Balaban J connectivity index is 1.83. The quantitative estimate of drug-likeness (QED) is 0.685. The SMILES string of the molecule is CN(COC(C)(C)C)c1ccc(CN2CCC(C(C)(C)C)CC2)cc1. The third-order valence-corrected chi connectivity index (χ3v) is 5.29. The Labute approximate surface area is 155 Å². The molecule has 142 valence electrons. The van der Waals surface area contributed by atoms with Gasteiger partial charge in [-0.05, 0) is 75.7 Å². The molecule has 0 saturated carbocycles. The van der Waals surface area contributed by atoms with Crippen molar-refractivity contribution < 1.29 is 4.74 Å². The summed E-state index contributed by atoms with van der Waals surface area (Å²) in [5.41, 5.74) is 2.96. The zero-order valence-electron chi connectivity index (χ0n) is 17.4. The first-order valence-corrected chi connectivity index (χ1v) is 9.71. The highest BCUT2D eigenvalue weighted by atomic mass is 16.5. The van der Waals surface area contributed by atoms with Gasteiger partial charge in [-0.3, -0.25) is 4.90 Å². The van der Waals surface area contributed by atoms with Gasteiger partial charge in [0, 0.05) is 19.3 Å². The van der Waals surface area contributed by atoms with Gasteiger partial charge in [-0.15, -0.1) is 0 Å². The van der Waals surface area contributed by atoms with E-state index in [9.17, 15) is 0 Å². The number of anilines is 1. The fraction of sp³-hybridized carbons (Fsp3) is 0.727. The molecule has 1 aromatic rings. The second-order valence-electron chi connectivity index (χ2n) is 9.67. The van der Waals surface area contributed by atoms with Crippen LogP contribution in [0.1, 0.15) is 59.9 Å². The first-order valence-electron chi connectivity index (χ1n) is 9.71. The molecule has 0 aromatic heterocycles. The van der Waals surface area contributed by atoms with Crippen molar-refractivity contribution in [2.75, 3.05) is 31.8 Å². The predicted molar refractivity (Wildman–Crippen MR) is 108 cm³/mol. The number of benzene rings is 1. The van der Waals surface area contributed by atoms with E-state index in [1.165, 1.54) is 37.2 Å². The van der Waals surface area contributed by atoms with Crippen molar-refractivity contribution in [1.82, 2.24) is 4.90 Å². The summed E-state index contributed by atoms with van der Waals surface area (Å²) < 4.78 is 5.85. The molecule has 1 aromatic carbocycles. The van der Waals surface area contributed by atoms with E-state index in [0.29, 0.717) is 12.1 Å². The van der Waals surface area contributed by atoms with Crippen LogP contribution in [-0.4, -0.2) is 37.4 Å². The minimum absolute atomic E-state index is 0.104. The molecule has 1 aliphatic heterocycles. The van der Waals surface area contributed by atoms with E-state index in [0.717, 1.165) is 12.5 Å². The van der Waals surface area contributed by atoms with Crippen molar-refractivity contribution in [3.8, 4) is 0 Å². The summed E-state index contributed by atoms with van der Waals surface area (Å²) in [5.74, 6) is 0.864. The van der Waals surface area contributed by atoms with Gasteiger partial charge in [0.1, 0.15) is 6.73 Å². The fourth-order valence-corrected chi connectivity index (χ4v) is 3.44. The highest BCUT2D eigenvalue weighted by Gasteiger charge is 2.28. The first kappa shape index (κ1) is 20.3. The van der Waals surface area contributed by atoms with Crippen LogP contribution in [0.4, 0.5) is 5.69 Å². The number of ether oxygens (including phenoxy) is 1. The maximum absolute atomic E-state index is 5.85. The van der Waals surface area contributed by atoms with Crippen LogP contribution < -0.4 is 4.90 Å². The third kappa shape index (κ3) is 6.63. The van der Waals surface area contributed by atoms with Crippen molar-refractivity contribution in [3.63, 3.8) is 0 Å². The Hall–Kier alpha value is -1.06. The van der Waals surface area contributed by atoms with Gasteiger partial charge in [0.2, 0.25) is 0 Å². The molecule has 1 aliphatic rings. The zero-order valence-corrected chi connectivity index (χ0v) is 17.4. The molecular formula is C22H38N2O. The van der Waals surface area contributed by atoms with Crippen LogP contribution in [0, 0.1) is 11.3 Å². The molecule has 0 radical (unpaired) electrons. The van der Waals surface area contributed by atoms with Crippen LogP contribution in [-0.2, 0) is 11.3 Å². The number of nitrogens with zero attached hydrogens (tertiary/aromatic N) is 2. The fourth-order valence-electron chi connectivity index (χ4n) is 3.44. The molecule has 0 spiro atoms. The third-order valence-electron chi connectivity index (χ3n) is 5.29. The van der Waals surface area contributed by atoms with E-state index in [-0.39, 0.29) is 5.60 Å². The summed E-state index contributed by atoms with van der Waals surface area (Å²) >= 11 is 0. The second-order valence-corrected chi connectivity index (χ2v) is 9.67. The van der Waals surface area contributed by atoms with E-state index >= 15 is 0 Å². The molecule has 0 aliphatic carbocycles. The van der Waals surface area contributed by atoms with Gasteiger partial charge in [0.15, 0.2) is 0 Å². The lowest BCUT2D eigenvalue weighted by atomic mass is 9.75. The van der Waals surface area contributed by atoms with Gasteiger partial charge in [-0.2, -0.15) is 0 Å². The van der Waals surface area contributed by atoms with Gasteiger partial charge < -0.3 is 9.64 Å². The topological polar surface area (TPSA) is 15.7 Å². The van der Waals surface area contributed by atoms with Gasteiger partial charge in [0.25, 0.3) is 0 Å². The van der Waals surface area contributed by atoms with Crippen molar-refractivity contribution in [2.24, 2.45) is 11.3 Å². The molecule has 1 saturated heterocycles. The van der Waals surface area contributed by atoms with Crippen molar-refractivity contribution in [2.45, 2.75) is 66.5 Å². The second kappa shape index (κ2) is 8.09. The summed E-state index contributed by atoms with van der Waals surface area (Å²) in [6, 6.07) is 8.95. The van der Waals surface area contributed by atoms with Crippen LogP contribution in [0.5, 0.6) is 0 Å². The number of likely N-dealkylation sites (tertiary alicyclic amines) is 1. The average Bonchev–Trinajstić information content (AvgIpc) is 2.52. The molecule has 1 heterocycles. The monoisotopic (exact) mass is 346 g/mol. The molecule has 0 amide bonds. The standard InChI is InChI=1S/C22H38N2O/c1-21(2,3)19-12-14-24(15-13-19)16-18-8-10-20(11-9-18)23(7)17-25-22(4,5)6/h8-11,19H,12-17H2,1-7H3. The average molecular weight is 347 g/mol. The Bertz CT molecular complexity index is 516. The summed E-state index contributed by atoms with van der Waals surface area (Å²) in [5, 5.41) is 0. The van der Waals surface area contributed by atoms with Crippen LogP contribution in [0.3, 0.4) is 0 Å². The van der Waals surface area contributed by atoms with Crippen LogP contribution in [0.25, 0.3) is 0 Å². The molecule has 0 N–H and O–H groups in total. The van der Waals surface area contributed by atoms with E-state index in [2.05, 4.69) is 82.7 Å². The van der Waals surface area contributed by atoms with Crippen molar-refractivity contribution >= 4 is 5.69 Å². The first-order chi connectivity index (χ1) is 11.5. The summed E-state index contributed by atoms with van der Waals surface area (Å²) in [4.78, 5) is 4.76. The lowest BCUT2D eigenvalue weighted by Crippen LogP contribution is -2.37. The molecular weight excluding hydrogens is 308 g/mol. The molecule has 0 unspecified atom stereocenters. The normalized spacial score (nSPS) is 17.7. The maximum atomic E-state index is 5.85. The number of hydrogen-bond acceptors (Lipinski definition) is 3. The van der Waals surface area contributed by atoms with E-state index < -0.39 is 0 Å². The Morgan fingerprint density at radius 3 is 2.04 bits per heavy atom. The Morgan fingerprint density at radius 1 is 1.00 bits per heavy atom. The summed E-state index contributed by atoms with van der Waals surface area (Å²) in [7, 11) is 2.08. The number of rotatable bonds is 5. The predicted octanol–water partition coefficient (Wildman–Crippen LogP) is 5.15. The Morgan fingerprint density at radius 2 is 1.56 bits per heavy atom. The highest BCUT2D eigenvalue weighted by Crippen LogP contribution is 2.34. The lowest BCUT2D eigenvalue weighted by molar-refractivity contribution is -0.000649. The van der Waals surface area contributed by atoms with E-state index in [1.54, 1.807) is 0 Å². The molecule has 0 atom stereocenters. The minimum Gasteiger partial charge on any atom is -0.356 e. The smallest absolute Gasteiger partial charge is 0.119 e. The molecule has 3 nitrogen and oxygen atoms in total. The molecule has 0 bridgehead atoms. The molecule has 3 heteroatoms. The van der Waals surface area contributed by atoms with E-state index in [4.69, 9.17) is 4.74 Å². The molecule has 1 fully saturated rings. The number of hydrogen-bond donors (Lipinski definition) is 0. The Kier molecular flexibility index (Phi) is 6.56. The zero-order chi connectivity index (χ0) is 18.7. The van der Waals surface area contributed by atoms with Gasteiger partial charge >= 0.3 is 0 Å². The minimum atomic E-state index is -0.104. The molecule has 25 heavy (non-hydrogen) atoms. The van der Waals surface area contributed by atoms with Crippen LogP contribution >= 0.6 is 0 Å². The largest absolute Gasteiger partial charge is 0.356 e. The van der Waals surface area contributed by atoms with Gasteiger partial charge in [-0.1, -0.05) is 32.9 Å². The molecule has 2 rings (SSSR count).